The molecule has 0 bridgehead atoms. The molecule has 0 heterocycles. The summed E-state index contributed by atoms with van der Waals surface area (Å²) in [5, 5.41) is 3.47. The van der Waals surface area contributed by atoms with Crippen molar-refractivity contribution in [1.29, 1.82) is 0 Å². The van der Waals surface area contributed by atoms with E-state index >= 15 is 0 Å². The fraction of sp³-hybridized carbons (Fsp3) is 1.00. The number of hydrogen-bond acceptors (Lipinski definition) is 1. The zero-order valence-corrected chi connectivity index (χ0v) is 12.0. The Morgan fingerprint density at radius 1 is 0.688 bits per heavy atom. The van der Waals surface area contributed by atoms with E-state index in [-0.39, 0.29) is 0 Å². The van der Waals surface area contributed by atoms with Crippen molar-refractivity contribution >= 4 is 0 Å². The first-order valence-electron chi connectivity index (χ1n) is 7.36. The number of unbranched alkanes of at least 4 members (excludes halogenated alkanes) is 6. The standard InChI is InChI=1S/C15H33N/c1-14(2)12-10-8-6-5-7-9-11-13-16-15(3)4/h14-16H,5-13H2,1-4H3. The first kappa shape index (κ1) is 16.0. The molecule has 0 unspecified atom stereocenters. The maximum absolute atomic E-state index is 3.47. The summed E-state index contributed by atoms with van der Waals surface area (Å²) >= 11 is 0. The molecule has 0 saturated heterocycles. The molecule has 0 spiro atoms. The van der Waals surface area contributed by atoms with Crippen LogP contribution in [0.3, 0.4) is 0 Å². The van der Waals surface area contributed by atoms with Crippen LogP contribution in [0, 0.1) is 5.92 Å². The Kier molecular flexibility index (Phi) is 11.4. The van der Waals surface area contributed by atoms with Crippen LogP contribution in [-0.4, -0.2) is 12.6 Å². The van der Waals surface area contributed by atoms with Gasteiger partial charge in [0.25, 0.3) is 0 Å². The molecule has 0 atom stereocenters. The van der Waals surface area contributed by atoms with E-state index < -0.39 is 0 Å². The molecule has 0 aliphatic rings. The zero-order valence-electron chi connectivity index (χ0n) is 12.0. The Hall–Kier alpha value is -0.0400. The predicted octanol–water partition coefficient (Wildman–Crippen LogP) is 4.76. The van der Waals surface area contributed by atoms with Gasteiger partial charge in [-0.05, 0) is 18.9 Å². The van der Waals surface area contributed by atoms with Crippen LogP contribution < -0.4 is 5.32 Å². The largest absolute Gasteiger partial charge is 0.315 e. The number of hydrogen-bond donors (Lipinski definition) is 1. The second-order valence-corrected chi connectivity index (χ2v) is 5.77. The molecule has 0 aliphatic carbocycles. The van der Waals surface area contributed by atoms with E-state index in [0.717, 1.165) is 5.92 Å². The second kappa shape index (κ2) is 11.4. The monoisotopic (exact) mass is 227 g/mol. The van der Waals surface area contributed by atoms with E-state index in [2.05, 4.69) is 33.0 Å². The van der Waals surface area contributed by atoms with Crippen molar-refractivity contribution in [3.05, 3.63) is 0 Å². The minimum atomic E-state index is 0.649. The Balaban J connectivity index is 2.93. The molecule has 1 nitrogen and oxygen atoms in total. The molecule has 0 fully saturated rings. The highest BCUT2D eigenvalue weighted by molar-refractivity contribution is 4.53. The normalized spacial score (nSPS) is 11.6. The van der Waals surface area contributed by atoms with Gasteiger partial charge in [-0.1, -0.05) is 72.6 Å². The Labute approximate surface area is 103 Å². The quantitative estimate of drug-likeness (QED) is 0.502. The Morgan fingerprint density at radius 3 is 1.69 bits per heavy atom. The van der Waals surface area contributed by atoms with Crippen molar-refractivity contribution in [2.24, 2.45) is 5.92 Å². The van der Waals surface area contributed by atoms with Gasteiger partial charge in [0.15, 0.2) is 0 Å². The number of nitrogens with one attached hydrogen (secondary N) is 1. The summed E-state index contributed by atoms with van der Waals surface area (Å²) in [4.78, 5) is 0. The lowest BCUT2D eigenvalue weighted by Crippen LogP contribution is -2.23. The molecule has 1 N–H and O–H groups in total. The van der Waals surface area contributed by atoms with Gasteiger partial charge in [0, 0.05) is 6.04 Å². The molecule has 16 heavy (non-hydrogen) atoms. The fourth-order valence-corrected chi connectivity index (χ4v) is 1.95. The summed E-state index contributed by atoms with van der Waals surface area (Å²) in [6.07, 6.45) is 11.4. The Bertz CT molecular complexity index is 113. The van der Waals surface area contributed by atoms with Crippen molar-refractivity contribution in [3.63, 3.8) is 0 Å². The molecular formula is C15H33N. The van der Waals surface area contributed by atoms with Crippen LogP contribution in [0.4, 0.5) is 0 Å². The summed E-state index contributed by atoms with van der Waals surface area (Å²) in [6.45, 7) is 10.3. The van der Waals surface area contributed by atoms with Gasteiger partial charge in [-0.15, -0.1) is 0 Å². The lowest BCUT2D eigenvalue weighted by molar-refractivity contribution is 0.501. The van der Waals surface area contributed by atoms with E-state index in [1.54, 1.807) is 0 Å². The first-order valence-corrected chi connectivity index (χ1v) is 7.36. The van der Waals surface area contributed by atoms with Crippen LogP contribution >= 0.6 is 0 Å². The smallest absolute Gasteiger partial charge is 0.00103 e. The molecule has 0 rings (SSSR count). The van der Waals surface area contributed by atoms with Gasteiger partial charge in [0.2, 0.25) is 0 Å². The van der Waals surface area contributed by atoms with E-state index in [1.807, 2.05) is 0 Å². The lowest BCUT2D eigenvalue weighted by Gasteiger charge is -2.07. The molecule has 98 valence electrons. The zero-order chi connectivity index (χ0) is 12.2. The summed E-state index contributed by atoms with van der Waals surface area (Å²) in [7, 11) is 0. The minimum Gasteiger partial charge on any atom is -0.315 e. The highest BCUT2D eigenvalue weighted by atomic mass is 14.9. The van der Waals surface area contributed by atoms with Crippen molar-refractivity contribution in [2.45, 2.75) is 85.1 Å². The molecule has 0 aromatic rings. The first-order chi connectivity index (χ1) is 7.63. The van der Waals surface area contributed by atoms with Crippen LogP contribution in [0.2, 0.25) is 0 Å². The van der Waals surface area contributed by atoms with E-state index in [1.165, 1.54) is 57.9 Å². The second-order valence-electron chi connectivity index (χ2n) is 5.77. The van der Waals surface area contributed by atoms with Crippen LogP contribution in [0.1, 0.15) is 79.1 Å². The fourth-order valence-electron chi connectivity index (χ4n) is 1.95. The van der Waals surface area contributed by atoms with Crippen LogP contribution in [-0.2, 0) is 0 Å². The van der Waals surface area contributed by atoms with Crippen molar-refractivity contribution in [1.82, 2.24) is 5.32 Å². The average Bonchev–Trinajstić information content (AvgIpc) is 2.20. The van der Waals surface area contributed by atoms with Crippen molar-refractivity contribution in [3.8, 4) is 0 Å². The molecule has 0 aliphatic heterocycles. The molecule has 0 aromatic heterocycles. The summed E-state index contributed by atoms with van der Waals surface area (Å²) < 4.78 is 0. The van der Waals surface area contributed by atoms with E-state index in [9.17, 15) is 0 Å². The summed E-state index contributed by atoms with van der Waals surface area (Å²) in [5.41, 5.74) is 0. The van der Waals surface area contributed by atoms with Gasteiger partial charge in [0.05, 0.1) is 0 Å². The van der Waals surface area contributed by atoms with Crippen molar-refractivity contribution < 1.29 is 0 Å². The summed E-state index contributed by atoms with van der Waals surface area (Å²) in [5.74, 6) is 0.891. The third-order valence-electron chi connectivity index (χ3n) is 3.01. The highest BCUT2D eigenvalue weighted by Gasteiger charge is 1.95. The van der Waals surface area contributed by atoms with E-state index in [4.69, 9.17) is 0 Å². The molecule has 0 radical (unpaired) electrons. The van der Waals surface area contributed by atoms with Crippen LogP contribution in [0.15, 0.2) is 0 Å². The van der Waals surface area contributed by atoms with E-state index in [0.29, 0.717) is 6.04 Å². The lowest BCUT2D eigenvalue weighted by atomic mass is 10.0. The summed E-state index contributed by atoms with van der Waals surface area (Å²) in [6, 6.07) is 0.649. The minimum absolute atomic E-state index is 0.649. The maximum Gasteiger partial charge on any atom is 0.00103 e. The van der Waals surface area contributed by atoms with Gasteiger partial charge in [-0.25, -0.2) is 0 Å². The molecule has 0 saturated carbocycles. The molecule has 1 heteroatoms. The highest BCUT2D eigenvalue weighted by Crippen LogP contribution is 2.11. The maximum atomic E-state index is 3.47. The predicted molar refractivity (Wildman–Crippen MR) is 74.9 cm³/mol. The third-order valence-corrected chi connectivity index (χ3v) is 3.01. The SMILES string of the molecule is CC(C)CCCCCCCCCNC(C)C. The topological polar surface area (TPSA) is 12.0 Å². The van der Waals surface area contributed by atoms with Gasteiger partial charge in [-0.2, -0.15) is 0 Å². The number of rotatable bonds is 11. The van der Waals surface area contributed by atoms with Gasteiger partial charge < -0.3 is 5.32 Å². The van der Waals surface area contributed by atoms with Gasteiger partial charge >= 0.3 is 0 Å². The average molecular weight is 227 g/mol. The van der Waals surface area contributed by atoms with Crippen LogP contribution in [0.5, 0.6) is 0 Å². The van der Waals surface area contributed by atoms with Crippen LogP contribution in [0.25, 0.3) is 0 Å². The molecular weight excluding hydrogens is 194 g/mol. The van der Waals surface area contributed by atoms with Gasteiger partial charge in [0.1, 0.15) is 0 Å². The third kappa shape index (κ3) is 14.0. The van der Waals surface area contributed by atoms with Crippen molar-refractivity contribution in [2.75, 3.05) is 6.54 Å². The molecule has 0 amide bonds. The van der Waals surface area contributed by atoms with Gasteiger partial charge in [-0.3, -0.25) is 0 Å². The Morgan fingerprint density at radius 2 is 1.19 bits per heavy atom. The molecule has 0 aromatic carbocycles.